The largest absolute Gasteiger partial charge is 0.380 e. The highest BCUT2D eigenvalue weighted by atomic mass is 32.2. The normalized spacial score (nSPS) is 19.1. The van der Waals surface area contributed by atoms with E-state index >= 15 is 0 Å². The Labute approximate surface area is 88.3 Å². The van der Waals surface area contributed by atoms with E-state index in [0.29, 0.717) is 13.2 Å². The van der Waals surface area contributed by atoms with Crippen LogP contribution in [0, 0.1) is 6.92 Å². The molecule has 0 bridgehead atoms. The molecule has 0 aliphatic carbocycles. The van der Waals surface area contributed by atoms with E-state index in [-0.39, 0.29) is 0 Å². The van der Waals surface area contributed by atoms with Gasteiger partial charge in [-0.05, 0) is 36.4 Å². The van der Waals surface area contributed by atoms with Crippen LogP contribution in [0.15, 0.2) is 23.1 Å². The maximum absolute atomic E-state index is 10.1. The van der Waals surface area contributed by atoms with Gasteiger partial charge in [0.15, 0.2) is 0 Å². The molecule has 2 nitrogen and oxygen atoms in total. The van der Waals surface area contributed by atoms with E-state index < -0.39 is 5.60 Å². The summed E-state index contributed by atoms with van der Waals surface area (Å²) >= 11 is 1.70. The molecule has 1 N–H and O–H groups in total. The topological polar surface area (TPSA) is 29.5 Å². The van der Waals surface area contributed by atoms with Gasteiger partial charge in [-0.2, -0.15) is 0 Å². The van der Waals surface area contributed by atoms with Crippen LogP contribution < -0.4 is 0 Å². The highest BCUT2D eigenvalue weighted by Crippen LogP contribution is 2.32. The Balaban J connectivity index is 2.37. The van der Waals surface area contributed by atoms with Crippen LogP contribution in [0.25, 0.3) is 0 Å². The quantitative estimate of drug-likeness (QED) is 0.756. The summed E-state index contributed by atoms with van der Waals surface area (Å²) in [6, 6.07) is 6.19. The molecule has 2 rings (SSSR count). The van der Waals surface area contributed by atoms with Crippen LogP contribution in [0.3, 0.4) is 0 Å². The van der Waals surface area contributed by atoms with E-state index in [4.69, 9.17) is 4.74 Å². The third-order valence-electron chi connectivity index (χ3n) is 2.51. The van der Waals surface area contributed by atoms with E-state index in [1.807, 2.05) is 25.3 Å². The first kappa shape index (κ1) is 10.0. The van der Waals surface area contributed by atoms with Gasteiger partial charge in [0.1, 0.15) is 5.60 Å². The first-order valence-electron chi connectivity index (χ1n) is 4.60. The van der Waals surface area contributed by atoms with E-state index in [0.717, 1.165) is 5.56 Å². The van der Waals surface area contributed by atoms with E-state index in [9.17, 15) is 5.11 Å². The number of rotatable bonds is 2. The van der Waals surface area contributed by atoms with E-state index in [2.05, 4.69) is 6.07 Å². The molecular formula is C11H14O2S. The second kappa shape index (κ2) is 3.57. The lowest BCUT2D eigenvalue weighted by Gasteiger charge is -2.37. The van der Waals surface area contributed by atoms with Gasteiger partial charge in [0, 0.05) is 4.90 Å². The van der Waals surface area contributed by atoms with Crippen LogP contribution in [0.4, 0.5) is 0 Å². The predicted molar refractivity (Wildman–Crippen MR) is 57.7 cm³/mol. The maximum Gasteiger partial charge on any atom is 0.136 e. The van der Waals surface area contributed by atoms with Crippen molar-refractivity contribution in [2.45, 2.75) is 17.4 Å². The van der Waals surface area contributed by atoms with Gasteiger partial charge in [-0.1, -0.05) is 6.07 Å². The summed E-state index contributed by atoms with van der Waals surface area (Å²) < 4.78 is 5.05. The minimum Gasteiger partial charge on any atom is -0.380 e. The van der Waals surface area contributed by atoms with Gasteiger partial charge in [-0.3, -0.25) is 0 Å². The van der Waals surface area contributed by atoms with Crippen LogP contribution in [0.1, 0.15) is 11.1 Å². The van der Waals surface area contributed by atoms with Crippen molar-refractivity contribution in [3.63, 3.8) is 0 Å². The summed E-state index contributed by atoms with van der Waals surface area (Å²) in [7, 11) is 0. The highest BCUT2D eigenvalue weighted by molar-refractivity contribution is 7.98. The lowest BCUT2D eigenvalue weighted by atomic mass is 9.91. The Morgan fingerprint density at radius 3 is 2.57 bits per heavy atom. The number of thioether (sulfide) groups is 1. The number of hydrogen-bond donors (Lipinski definition) is 1. The molecule has 1 aliphatic heterocycles. The van der Waals surface area contributed by atoms with Crippen LogP contribution in [0.5, 0.6) is 0 Å². The van der Waals surface area contributed by atoms with E-state index in [1.165, 1.54) is 10.5 Å². The molecule has 1 aromatic rings. The molecule has 0 atom stereocenters. The minimum absolute atomic E-state index is 0.421. The average molecular weight is 210 g/mol. The summed E-state index contributed by atoms with van der Waals surface area (Å²) in [5.41, 5.74) is 1.43. The minimum atomic E-state index is -0.740. The second-order valence-corrected chi connectivity index (χ2v) is 4.64. The van der Waals surface area contributed by atoms with Crippen molar-refractivity contribution in [2.75, 3.05) is 19.5 Å². The van der Waals surface area contributed by atoms with Crippen LogP contribution in [-0.2, 0) is 10.3 Å². The molecule has 1 fully saturated rings. The van der Waals surface area contributed by atoms with E-state index in [1.54, 1.807) is 11.8 Å². The molecule has 1 aliphatic rings. The second-order valence-electron chi connectivity index (χ2n) is 3.76. The molecule has 3 heteroatoms. The zero-order valence-corrected chi connectivity index (χ0v) is 9.23. The Hall–Kier alpha value is -0.510. The Morgan fingerprint density at radius 2 is 2.07 bits per heavy atom. The monoisotopic (exact) mass is 210 g/mol. The smallest absolute Gasteiger partial charge is 0.136 e. The molecule has 1 heterocycles. The van der Waals surface area contributed by atoms with Crippen LogP contribution in [-0.4, -0.2) is 24.6 Å². The van der Waals surface area contributed by atoms with Crippen LogP contribution >= 0.6 is 11.8 Å². The molecule has 1 aromatic carbocycles. The summed E-state index contributed by atoms with van der Waals surface area (Å²) in [6.45, 7) is 2.89. The molecule has 0 unspecified atom stereocenters. The molecule has 0 saturated carbocycles. The molecule has 0 amide bonds. The van der Waals surface area contributed by atoms with Crippen molar-refractivity contribution in [3.8, 4) is 0 Å². The number of benzene rings is 1. The molecule has 0 spiro atoms. The summed E-state index contributed by atoms with van der Waals surface area (Å²) in [5, 5.41) is 10.1. The Bertz CT molecular complexity index is 345. The molecule has 14 heavy (non-hydrogen) atoms. The number of aliphatic hydroxyl groups is 1. The van der Waals surface area contributed by atoms with Gasteiger partial charge in [-0.15, -0.1) is 11.8 Å². The molecule has 1 saturated heterocycles. The number of hydrogen-bond acceptors (Lipinski definition) is 3. The molecule has 76 valence electrons. The summed E-state index contributed by atoms with van der Waals surface area (Å²) in [5.74, 6) is 0. The van der Waals surface area contributed by atoms with Crippen molar-refractivity contribution >= 4 is 11.8 Å². The first-order valence-corrected chi connectivity index (χ1v) is 5.83. The van der Waals surface area contributed by atoms with Crippen LogP contribution in [0.2, 0.25) is 0 Å². The maximum atomic E-state index is 10.1. The zero-order chi connectivity index (χ0) is 10.2. The van der Waals surface area contributed by atoms with Crippen molar-refractivity contribution in [2.24, 2.45) is 0 Å². The first-order chi connectivity index (χ1) is 6.64. The molecule has 0 aromatic heterocycles. The predicted octanol–water partition coefficient (Wildman–Crippen LogP) is 1.93. The third-order valence-corrected chi connectivity index (χ3v) is 3.21. The van der Waals surface area contributed by atoms with Crippen molar-refractivity contribution in [1.82, 2.24) is 0 Å². The molecule has 0 radical (unpaired) electrons. The van der Waals surface area contributed by atoms with Gasteiger partial charge < -0.3 is 9.84 Å². The Kier molecular flexibility index (Phi) is 2.56. The fourth-order valence-corrected chi connectivity index (χ4v) is 2.15. The lowest BCUT2D eigenvalue weighted by molar-refractivity contribution is -0.184. The van der Waals surface area contributed by atoms with Crippen molar-refractivity contribution in [1.29, 1.82) is 0 Å². The standard InChI is InChI=1S/C11H14O2S/c1-8-3-9(5-10(4-8)14-2)11(12)6-13-7-11/h3-5,12H,6-7H2,1-2H3. The fourth-order valence-electron chi connectivity index (χ4n) is 1.60. The number of aryl methyl sites for hydroxylation is 1. The fraction of sp³-hybridized carbons (Fsp3) is 0.455. The average Bonchev–Trinajstić information content (AvgIpc) is 2.13. The highest BCUT2D eigenvalue weighted by Gasteiger charge is 2.38. The van der Waals surface area contributed by atoms with Crippen molar-refractivity contribution < 1.29 is 9.84 Å². The van der Waals surface area contributed by atoms with Gasteiger partial charge >= 0.3 is 0 Å². The Morgan fingerprint density at radius 1 is 1.36 bits per heavy atom. The van der Waals surface area contributed by atoms with Gasteiger partial charge in [0.05, 0.1) is 13.2 Å². The van der Waals surface area contributed by atoms with Gasteiger partial charge in [0.25, 0.3) is 0 Å². The summed E-state index contributed by atoms with van der Waals surface area (Å²) in [4.78, 5) is 1.19. The lowest BCUT2D eigenvalue weighted by Crippen LogP contribution is -2.46. The van der Waals surface area contributed by atoms with Gasteiger partial charge in [0.2, 0.25) is 0 Å². The number of ether oxygens (including phenoxy) is 1. The SMILES string of the molecule is CSc1cc(C)cc(C2(O)COC2)c1. The van der Waals surface area contributed by atoms with Gasteiger partial charge in [-0.25, -0.2) is 0 Å². The summed E-state index contributed by atoms with van der Waals surface area (Å²) in [6.07, 6.45) is 2.04. The van der Waals surface area contributed by atoms with Crippen molar-refractivity contribution in [3.05, 3.63) is 29.3 Å². The zero-order valence-electron chi connectivity index (χ0n) is 8.41. The molecular weight excluding hydrogens is 196 g/mol. The third kappa shape index (κ3) is 1.67.